The Morgan fingerprint density at radius 1 is 0.524 bits per heavy atom. The van der Waals surface area contributed by atoms with Crippen LogP contribution in [0.15, 0.2) is 146 Å². The van der Waals surface area contributed by atoms with Crippen molar-refractivity contribution in [3.8, 4) is 22.6 Å². The molecular weight excluding hydrogens is 512 g/mol. The molecule has 0 fully saturated rings. The van der Waals surface area contributed by atoms with Crippen molar-refractivity contribution in [3.05, 3.63) is 157 Å². The number of hydrogen-bond donors (Lipinski definition) is 0. The van der Waals surface area contributed by atoms with Gasteiger partial charge in [0.05, 0.1) is 17.1 Å². The van der Waals surface area contributed by atoms with E-state index in [1.807, 2.05) is 6.07 Å². The first-order valence-electron chi connectivity index (χ1n) is 14.5. The third-order valence-electron chi connectivity index (χ3n) is 8.63. The number of fused-ring (bicyclic) bond motifs is 4. The molecule has 0 radical (unpaired) electrons. The van der Waals surface area contributed by atoms with Gasteiger partial charge in [0.15, 0.2) is 11.5 Å². The number of benzene rings is 6. The highest BCUT2D eigenvalue weighted by Crippen LogP contribution is 2.61. The maximum absolute atomic E-state index is 6.78. The summed E-state index contributed by atoms with van der Waals surface area (Å²) in [7, 11) is 0. The lowest BCUT2D eigenvalue weighted by atomic mass is 9.72. The van der Waals surface area contributed by atoms with E-state index in [4.69, 9.17) is 4.74 Å². The van der Waals surface area contributed by atoms with Crippen LogP contribution in [0.5, 0.6) is 11.5 Å². The lowest BCUT2D eigenvalue weighted by Gasteiger charge is -2.45. The first kappa shape index (κ1) is 24.5. The highest BCUT2D eigenvalue weighted by atomic mass is 16.5. The Balaban J connectivity index is 1.28. The molecule has 0 atom stereocenters. The quantitative estimate of drug-likeness (QED) is 0.220. The smallest absolute Gasteiger partial charge is 0.159 e. The fraction of sp³-hybridized carbons (Fsp3) is 0.0769. The van der Waals surface area contributed by atoms with E-state index in [0.29, 0.717) is 0 Å². The van der Waals surface area contributed by atoms with Gasteiger partial charge in [-0.1, -0.05) is 105 Å². The number of ether oxygens (including phenoxy) is 1. The number of rotatable bonds is 4. The molecule has 0 bridgehead atoms. The molecule has 0 aliphatic carbocycles. The topological polar surface area (TPSA) is 15.7 Å². The molecule has 2 aliphatic rings. The Hall–Kier alpha value is -5.28. The van der Waals surface area contributed by atoms with Crippen LogP contribution >= 0.6 is 0 Å². The number of anilines is 6. The molecule has 0 N–H and O–H groups in total. The van der Waals surface area contributed by atoms with Crippen molar-refractivity contribution in [2.45, 2.75) is 19.3 Å². The molecule has 3 nitrogen and oxygen atoms in total. The monoisotopic (exact) mass is 542 g/mol. The molecule has 0 saturated carbocycles. The van der Waals surface area contributed by atoms with Gasteiger partial charge in [-0.25, -0.2) is 0 Å². The molecule has 8 rings (SSSR count). The van der Waals surface area contributed by atoms with Crippen LogP contribution in [-0.4, -0.2) is 0 Å². The highest BCUT2D eigenvalue weighted by Gasteiger charge is 2.42. The van der Waals surface area contributed by atoms with Crippen LogP contribution in [0.25, 0.3) is 11.1 Å². The van der Waals surface area contributed by atoms with Gasteiger partial charge < -0.3 is 14.5 Å². The van der Waals surface area contributed by atoms with Gasteiger partial charge in [-0.05, 0) is 71.3 Å². The van der Waals surface area contributed by atoms with E-state index < -0.39 is 0 Å². The second-order valence-electron chi connectivity index (χ2n) is 11.4. The summed E-state index contributed by atoms with van der Waals surface area (Å²) in [6.45, 7) is 4.63. The van der Waals surface area contributed by atoms with E-state index in [0.717, 1.165) is 51.1 Å². The third kappa shape index (κ3) is 3.67. The van der Waals surface area contributed by atoms with E-state index >= 15 is 0 Å². The van der Waals surface area contributed by atoms with Crippen LogP contribution in [0.1, 0.15) is 25.0 Å². The first-order chi connectivity index (χ1) is 20.6. The molecule has 6 aromatic carbocycles. The Kier molecular flexibility index (Phi) is 5.48. The molecule has 0 unspecified atom stereocenters. The van der Waals surface area contributed by atoms with Crippen LogP contribution in [-0.2, 0) is 5.41 Å². The van der Waals surface area contributed by atoms with E-state index in [1.165, 1.54) is 16.8 Å². The van der Waals surface area contributed by atoms with Crippen molar-refractivity contribution in [2.75, 3.05) is 9.80 Å². The molecular formula is C39H30N2O. The summed E-state index contributed by atoms with van der Waals surface area (Å²) in [5, 5.41) is 0. The maximum atomic E-state index is 6.78. The predicted molar refractivity (Wildman–Crippen MR) is 173 cm³/mol. The SMILES string of the molecule is CC1(C)c2ccccc2N2c3ccccc3Oc3c(-c4ccc(N(c5ccccc5)c5ccccc5)cc4)ccc1c32. The van der Waals surface area contributed by atoms with Gasteiger partial charge in [0, 0.05) is 28.0 Å². The average molecular weight is 543 g/mol. The molecule has 6 aromatic rings. The third-order valence-corrected chi connectivity index (χ3v) is 8.63. The Morgan fingerprint density at radius 2 is 1.10 bits per heavy atom. The van der Waals surface area contributed by atoms with Crippen molar-refractivity contribution in [1.29, 1.82) is 0 Å². The van der Waals surface area contributed by atoms with Crippen LogP contribution in [0, 0.1) is 0 Å². The fourth-order valence-corrected chi connectivity index (χ4v) is 6.57. The van der Waals surface area contributed by atoms with E-state index in [-0.39, 0.29) is 5.41 Å². The lowest BCUT2D eigenvalue weighted by Crippen LogP contribution is -2.32. The fourth-order valence-electron chi connectivity index (χ4n) is 6.57. The molecule has 0 saturated heterocycles. The standard InChI is InChI=1S/C39H30N2O/c1-39(2)32-17-9-10-18-34(32)41-35-19-11-12-20-36(35)42-38-31(25-26-33(39)37(38)41)27-21-23-30(24-22-27)40(28-13-5-3-6-14-28)29-15-7-4-8-16-29/h3-26H,1-2H3. The summed E-state index contributed by atoms with van der Waals surface area (Å²) in [5.41, 5.74) is 11.4. The van der Waals surface area contributed by atoms with E-state index in [1.54, 1.807) is 0 Å². The average Bonchev–Trinajstić information content (AvgIpc) is 3.04. The Labute approximate surface area is 246 Å². The van der Waals surface area contributed by atoms with Gasteiger partial charge in [0.1, 0.15) is 0 Å². The normalized spacial score (nSPS) is 13.8. The minimum atomic E-state index is -0.166. The van der Waals surface area contributed by atoms with Crippen molar-refractivity contribution < 1.29 is 4.74 Å². The van der Waals surface area contributed by atoms with Crippen LogP contribution in [0.3, 0.4) is 0 Å². The molecule has 0 aromatic heterocycles. The minimum absolute atomic E-state index is 0.166. The zero-order valence-corrected chi connectivity index (χ0v) is 23.7. The second kappa shape index (κ2) is 9.39. The molecule has 2 aliphatic heterocycles. The second-order valence-corrected chi connectivity index (χ2v) is 11.4. The molecule has 0 spiro atoms. The van der Waals surface area contributed by atoms with Crippen molar-refractivity contribution >= 4 is 34.1 Å². The number of para-hydroxylation sites is 5. The molecule has 0 amide bonds. The van der Waals surface area contributed by atoms with Gasteiger partial charge in [-0.3, -0.25) is 0 Å². The molecule has 42 heavy (non-hydrogen) atoms. The van der Waals surface area contributed by atoms with E-state index in [9.17, 15) is 0 Å². The zero-order chi connectivity index (χ0) is 28.3. The van der Waals surface area contributed by atoms with Gasteiger partial charge in [-0.15, -0.1) is 0 Å². The van der Waals surface area contributed by atoms with Crippen molar-refractivity contribution in [3.63, 3.8) is 0 Å². The maximum Gasteiger partial charge on any atom is 0.159 e. The van der Waals surface area contributed by atoms with Crippen molar-refractivity contribution in [2.24, 2.45) is 0 Å². The van der Waals surface area contributed by atoms with Crippen LogP contribution in [0.4, 0.5) is 34.1 Å². The summed E-state index contributed by atoms with van der Waals surface area (Å²) in [6.07, 6.45) is 0. The minimum Gasteiger partial charge on any atom is -0.452 e. The van der Waals surface area contributed by atoms with Crippen LogP contribution in [0.2, 0.25) is 0 Å². The number of nitrogens with zero attached hydrogens (tertiary/aromatic N) is 2. The summed E-state index contributed by atoms with van der Waals surface area (Å²) in [5.74, 6) is 1.78. The lowest BCUT2D eigenvalue weighted by molar-refractivity contribution is 0.473. The van der Waals surface area contributed by atoms with Gasteiger partial charge in [0.2, 0.25) is 0 Å². The number of hydrogen-bond acceptors (Lipinski definition) is 3. The van der Waals surface area contributed by atoms with E-state index in [2.05, 4.69) is 163 Å². The molecule has 202 valence electrons. The van der Waals surface area contributed by atoms with Gasteiger partial charge >= 0.3 is 0 Å². The van der Waals surface area contributed by atoms with Gasteiger partial charge in [-0.2, -0.15) is 0 Å². The summed E-state index contributed by atoms with van der Waals surface area (Å²) in [4.78, 5) is 4.68. The van der Waals surface area contributed by atoms with Gasteiger partial charge in [0.25, 0.3) is 0 Å². The Morgan fingerprint density at radius 3 is 1.79 bits per heavy atom. The largest absolute Gasteiger partial charge is 0.452 e. The first-order valence-corrected chi connectivity index (χ1v) is 14.5. The van der Waals surface area contributed by atoms with Crippen molar-refractivity contribution in [1.82, 2.24) is 0 Å². The summed E-state index contributed by atoms with van der Waals surface area (Å²) < 4.78 is 6.78. The zero-order valence-electron chi connectivity index (χ0n) is 23.7. The van der Waals surface area contributed by atoms with Crippen LogP contribution < -0.4 is 14.5 Å². The Bertz CT molecular complexity index is 1890. The molecule has 2 heterocycles. The summed E-state index contributed by atoms with van der Waals surface area (Å²) in [6, 6.07) is 51.5. The molecule has 3 heteroatoms. The highest BCUT2D eigenvalue weighted by molar-refractivity contribution is 5.97. The summed E-state index contributed by atoms with van der Waals surface area (Å²) >= 11 is 0. The predicted octanol–water partition coefficient (Wildman–Crippen LogP) is 11.0.